The molecule has 3 rings (SSSR count). The van der Waals surface area contributed by atoms with Crippen molar-refractivity contribution >= 4 is 23.8 Å². The number of non-ortho nitro benzene ring substituents is 1. The molecule has 1 aliphatic heterocycles. The first-order valence-electron chi connectivity index (χ1n) is 8.01. The average Bonchev–Trinajstić information content (AvgIpc) is 3.01. The molecule has 1 fully saturated rings. The number of hydrogen-bond donors (Lipinski definition) is 0. The van der Waals surface area contributed by atoms with E-state index in [2.05, 4.69) is 0 Å². The fraction of sp³-hybridized carbons (Fsp3) is 0.158. The number of ether oxygens (including phenoxy) is 1. The molecular weight excluding hydrogens is 336 g/mol. The summed E-state index contributed by atoms with van der Waals surface area (Å²) in [6.45, 7) is 0.143. The Hall–Kier alpha value is -3.48. The number of carbonyl (C=O) groups excluding carboxylic acids is 2. The highest BCUT2D eigenvalue weighted by molar-refractivity contribution is 6.02. The lowest BCUT2D eigenvalue weighted by Gasteiger charge is -2.18. The van der Waals surface area contributed by atoms with Gasteiger partial charge in [-0.15, -0.1) is 0 Å². The Labute approximate surface area is 149 Å². The molecule has 7 heteroatoms. The van der Waals surface area contributed by atoms with Gasteiger partial charge >= 0.3 is 6.09 Å². The van der Waals surface area contributed by atoms with E-state index >= 15 is 0 Å². The van der Waals surface area contributed by atoms with Gasteiger partial charge in [0.2, 0.25) is 0 Å². The van der Waals surface area contributed by atoms with Crippen LogP contribution in [0.4, 0.5) is 10.5 Å². The molecule has 2 aromatic rings. The topological polar surface area (TPSA) is 89.8 Å². The van der Waals surface area contributed by atoms with Crippen molar-refractivity contribution in [3.05, 3.63) is 81.9 Å². The van der Waals surface area contributed by atoms with Crippen molar-refractivity contribution < 1.29 is 19.2 Å². The first-order chi connectivity index (χ1) is 12.5. The van der Waals surface area contributed by atoms with Crippen LogP contribution in [-0.2, 0) is 16.0 Å². The van der Waals surface area contributed by atoms with Gasteiger partial charge in [-0.05, 0) is 23.6 Å². The van der Waals surface area contributed by atoms with Crippen molar-refractivity contribution in [2.75, 3.05) is 6.61 Å². The van der Waals surface area contributed by atoms with E-state index in [1.54, 1.807) is 6.07 Å². The number of cyclic esters (lactones) is 1. The Balaban J connectivity index is 1.73. The molecule has 0 saturated carbocycles. The molecule has 1 saturated heterocycles. The summed E-state index contributed by atoms with van der Waals surface area (Å²) < 4.78 is 5.02. The molecule has 0 radical (unpaired) electrons. The number of imide groups is 1. The van der Waals surface area contributed by atoms with Crippen LogP contribution in [0.1, 0.15) is 11.1 Å². The number of nitro benzene ring substituents is 1. The van der Waals surface area contributed by atoms with Gasteiger partial charge < -0.3 is 4.74 Å². The second kappa shape index (κ2) is 7.60. The van der Waals surface area contributed by atoms with Crippen LogP contribution in [0.5, 0.6) is 0 Å². The molecule has 0 N–H and O–H groups in total. The largest absolute Gasteiger partial charge is 0.447 e. The number of benzene rings is 2. The van der Waals surface area contributed by atoms with Gasteiger partial charge in [-0.25, -0.2) is 9.69 Å². The number of hydrogen-bond acceptors (Lipinski definition) is 5. The minimum atomic E-state index is -0.681. The van der Waals surface area contributed by atoms with Gasteiger partial charge in [0.25, 0.3) is 11.6 Å². The van der Waals surface area contributed by atoms with E-state index in [1.165, 1.54) is 30.4 Å². The molecule has 7 nitrogen and oxygen atoms in total. The Morgan fingerprint density at radius 2 is 2.00 bits per heavy atom. The number of rotatable bonds is 5. The molecule has 26 heavy (non-hydrogen) atoms. The van der Waals surface area contributed by atoms with Crippen molar-refractivity contribution in [3.8, 4) is 0 Å². The summed E-state index contributed by atoms with van der Waals surface area (Å²) in [6.07, 6.45) is 2.49. The Morgan fingerprint density at radius 3 is 2.73 bits per heavy atom. The van der Waals surface area contributed by atoms with Crippen LogP contribution in [0.25, 0.3) is 6.08 Å². The summed E-state index contributed by atoms with van der Waals surface area (Å²) in [6, 6.07) is 15.0. The van der Waals surface area contributed by atoms with Gasteiger partial charge in [0.15, 0.2) is 0 Å². The van der Waals surface area contributed by atoms with E-state index in [4.69, 9.17) is 4.74 Å². The van der Waals surface area contributed by atoms with E-state index < -0.39 is 16.9 Å². The normalized spacial score (nSPS) is 16.7. The lowest BCUT2D eigenvalue weighted by molar-refractivity contribution is -0.384. The molecule has 132 valence electrons. The molecule has 0 spiro atoms. The summed E-state index contributed by atoms with van der Waals surface area (Å²) in [5.41, 5.74) is 1.43. The van der Waals surface area contributed by atoms with Crippen LogP contribution in [0.3, 0.4) is 0 Å². The van der Waals surface area contributed by atoms with Crippen molar-refractivity contribution in [2.24, 2.45) is 0 Å². The van der Waals surface area contributed by atoms with Crippen molar-refractivity contribution in [2.45, 2.75) is 12.5 Å². The number of amides is 2. The van der Waals surface area contributed by atoms with Crippen molar-refractivity contribution in [1.29, 1.82) is 0 Å². The summed E-state index contributed by atoms with van der Waals surface area (Å²) in [7, 11) is 0. The van der Waals surface area contributed by atoms with E-state index in [0.29, 0.717) is 12.0 Å². The summed E-state index contributed by atoms with van der Waals surface area (Å²) in [5.74, 6) is -0.514. The maximum atomic E-state index is 12.5. The molecule has 1 atom stereocenters. The van der Waals surface area contributed by atoms with E-state index in [9.17, 15) is 19.7 Å². The standard InChI is InChI=1S/C19H16N2O5/c22-18(10-9-15-7-4-8-16(11-15)21(24)25)20-17(13-26-19(20)23)12-14-5-2-1-3-6-14/h1-11,17H,12-13H2/t17-/m0/s1. The predicted octanol–water partition coefficient (Wildman–Crippen LogP) is 3.20. The molecule has 2 aromatic carbocycles. The van der Waals surface area contributed by atoms with Crippen LogP contribution < -0.4 is 0 Å². The van der Waals surface area contributed by atoms with Gasteiger partial charge in [-0.2, -0.15) is 0 Å². The fourth-order valence-corrected chi connectivity index (χ4v) is 2.76. The third kappa shape index (κ3) is 3.94. The van der Waals surface area contributed by atoms with Crippen LogP contribution in [-0.4, -0.2) is 34.5 Å². The van der Waals surface area contributed by atoms with Crippen molar-refractivity contribution in [3.63, 3.8) is 0 Å². The summed E-state index contributed by atoms with van der Waals surface area (Å²) >= 11 is 0. The molecule has 0 bridgehead atoms. The molecule has 2 amide bonds. The smallest absolute Gasteiger partial charge is 0.417 e. The van der Waals surface area contributed by atoms with E-state index in [-0.39, 0.29) is 18.3 Å². The third-order valence-corrected chi connectivity index (χ3v) is 4.01. The Morgan fingerprint density at radius 1 is 1.23 bits per heavy atom. The second-order valence-corrected chi connectivity index (χ2v) is 5.81. The molecule has 0 unspecified atom stereocenters. The monoisotopic (exact) mass is 352 g/mol. The van der Waals surface area contributed by atoms with Gasteiger partial charge in [-0.1, -0.05) is 42.5 Å². The Kier molecular flexibility index (Phi) is 5.07. The summed E-state index contributed by atoms with van der Waals surface area (Å²) in [5, 5.41) is 10.8. The van der Waals surface area contributed by atoms with Crippen LogP contribution in [0, 0.1) is 10.1 Å². The average molecular weight is 352 g/mol. The second-order valence-electron chi connectivity index (χ2n) is 5.81. The molecule has 1 heterocycles. The van der Waals surface area contributed by atoms with Gasteiger partial charge in [0.05, 0.1) is 11.0 Å². The van der Waals surface area contributed by atoms with Gasteiger partial charge in [-0.3, -0.25) is 14.9 Å². The first-order valence-corrected chi connectivity index (χ1v) is 8.01. The molecule has 0 aromatic heterocycles. The van der Waals surface area contributed by atoms with Crippen LogP contribution in [0.2, 0.25) is 0 Å². The van der Waals surface area contributed by atoms with Gasteiger partial charge in [0.1, 0.15) is 6.61 Å². The Bertz CT molecular complexity index is 863. The highest BCUT2D eigenvalue weighted by Crippen LogP contribution is 2.19. The van der Waals surface area contributed by atoms with Crippen LogP contribution >= 0.6 is 0 Å². The van der Waals surface area contributed by atoms with E-state index in [0.717, 1.165) is 10.5 Å². The highest BCUT2D eigenvalue weighted by atomic mass is 16.6. The minimum absolute atomic E-state index is 0.0675. The number of carbonyl (C=O) groups is 2. The lowest BCUT2D eigenvalue weighted by Crippen LogP contribution is -2.39. The number of nitrogens with zero attached hydrogens (tertiary/aromatic N) is 2. The minimum Gasteiger partial charge on any atom is -0.447 e. The molecule has 0 aliphatic carbocycles. The maximum Gasteiger partial charge on any atom is 0.417 e. The van der Waals surface area contributed by atoms with Gasteiger partial charge in [0, 0.05) is 18.2 Å². The fourth-order valence-electron chi connectivity index (χ4n) is 2.76. The van der Waals surface area contributed by atoms with E-state index in [1.807, 2.05) is 30.3 Å². The predicted molar refractivity (Wildman–Crippen MR) is 94.3 cm³/mol. The SMILES string of the molecule is O=C(C=Cc1cccc([N+](=O)[O-])c1)N1C(=O)OC[C@@H]1Cc1ccccc1. The quantitative estimate of drug-likeness (QED) is 0.468. The first kappa shape index (κ1) is 17.3. The lowest BCUT2D eigenvalue weighted by atomic mass is 10.1. The zero-order valence-corrected chi connectivity index (χ0v) is 13.8. The molecule has 1 aliphatic rings. The third-order valence-electron chi connectivity index (χ3n) is 4.01. The molecular formula is C19H16N2O5. The highest BCUT2D eigenvalue weighted by Gasteiger charge is 2.36. The van der Waals surface area contributed by atoms with Crippen molar-refractivity contribution in [1.82, 2.24) is 4.90 Å². The zero-order chi connectivity index (χ0) is 18.5. The summed E-state index contributed by atoms with van der Waals surface area (Å²) in [4.78, 5) is 35.8. The number of nitro groups is 1. The zero-order valence-electron chi connectivity index (χ0n) is 13.8. The van der Waals surface area contributed by atoms with Crippen LogP contribution in [0.15, 0.2) is 60.7 Å². The maximum absolute atomic E-state index is 12.5.